The molecule has 0 spiro atoms. The van der Waals surface area contributed by atoms with E-state index in [-0.39, 0.29) is 0 Å². The second-order valence-electron chi connectivity index (χ2n) is 11.7. The highest BCUT2D eigenvalue weighted by molar-refractivity contribution is 6.88. The number of nitrogens with zero attached hydrogens (tertiary/aromatic N) is 1. The van der Waals surface area contributed by atoms with E-state index in [1.54, 1.807) is 0 Å². The first-order valence-corrected chi connectivity index (χ1v) is 17.6. The van der Waals surface area contributed by atoms with Crippen molar-refractivity contribution in [1.82, 2.24) is 4.98 Å². The number of hydrogen-bond acceptors (Lipinski definition) is 2. The first kappa shape index (κ1) is 25.2. The fourth-order valence-electron chi connectivity index (χ4n) is 5.59. The molecular formula is C38H31NOSi. The largest absolute Gasteiger partial charge is 0.436 e. The van der Waals surface area contributed by atoms with E-state index in [2.05, 4.69) is 129 Å². The van der Waals surface area contributed by atoms with Crippen LogP contribution in [0.25, 0.3) is 66.7 Å². The maximum Gasteiger partial charge on any atom is 0.227 e. The summed E-state index contributed by atoms with van der Waals surface area (Å²) in [6, 6.07) is 47.6. The highest BCUT2D eigenvalue weighted by Crippen LogP contribution is 2.37. The van der Waals surface area contributed by atoms with Gasteiger partial charge >= 0.3 is 0 Å². The number of rotatable bonds is 5. The first-order chi connectivity index (χ1) is 19.9. The number of aromatic nitrogens is 1. The van der Waals surface area contributed by atoms with Gasteiger partial charge in [0.15, 0.2) is 5.58 Å². The molecule has 0 amide bonds. The molecule has 0 N–H and O–H groups in total. The minimum absolute atomic E-state index is 0.653. The lowest BCUT2D eigenvalue weighted by Gasteiger charge is -2.17. The van der Waals surface area contributed by atoms with Gasteiger partial charge in [-0.3, -0.25) is 0 Å². The summed E-state index contributed by atoms with van der Waals surface area (Å²) in [6.07, 6.45) is 0. The third kappa shape index (κ3) is 4.79. The van der Waals surface area contributed by atoms with Crippen LogP contribution >= 0.6 is 0 Å². The summed E-state index contributed by atoms with van der Waals surface area (Å²) in [7, 11) is -1.35. The molecule has 0 radical (unpaired) electrons. The molecule has 1 heterocycles. The van der Waals surface area contributed by atoms with Gasteiger partial charge in [0.25, 0.3) is 0 Å². The molecule has 7 rings (SSSR count). The molecule has 7 aromatic rings. The number of oxazole rings is 1. The summed E-state index contributed by atoms with van der Waals surface area (Å²) in [5.41, 5.74) is 10.1. The highest BCUT2D eigenvalue weighted by atomic mass is 28.3. The Hall–Kier alpha value is -4.73. The molecule has 2 nitrogen and oxygen atoms in total. The van der Waals surface area contributed by atoms with Crippen LogP contribution in [0, 0.1) is 0 Å². The lowest BCUT2D eigenvalue weighted by atomic mass is 9.93. The molecule has 0 aliphatic heterocycles. The summed E-state index contributed by atoms with van der Waals surface area (Å²) < 4.78 is 6.12. The Morgan fingerprint density at radius 1 is 0.488 bits per heavy atom. The molecular weight excluding hydrogens is 515 g/mol. The van der Waals surface area contributed by atoms with Crippen molar-refractivity contribution in [3.8, 4) is 44.8 Å². The molecule has 0 bridgehead atoms. The van der Waals surface area contributed by atoms with Crippen molar-refractivity contribution in [3.63, 3.8) is 0 Å². The van der Waals surface area contributed by atoms with Gasteiger partial charge in [-0.25, -0.2) is 4.98 Å². The molecule has 0 aliphatic carbocycles. The zero-order valence-corrected chi connectivity index (χ0v) is 24.6. The lowest BCUT2D eigenvalue weighted by Crippen LogP contribution is -2.37. The van der Waals surface area contributed by atoms with Crippen molar-refractivity contribution in [3.05, 3.63) is 133 Å². The van der Waals surface area contributed by atoms with E-state index in [1.807, 2.05) is 24.3 Å². The number of fused-ring (bicyclic) bond motifs is 2. The topological polar surface area (TPSA) is 26.0 Å². The molecule has 0 saturated heterocycles. The van der Waals surface area contributed by atoms with Gasteiger partial charge in [-0.1, -0.05) is 140 Å². The van der Waals surface area contributed by atoms with Gasteiger partial charge in [0.1, 0.15) is 5.52 Å². The van der Waals surface area contributed by atoms with E-state index < -0.39 is 8.07 Å². The molecule has 6 aromatic carbocycles. The maximum atomic E-state index is 6.12. The first-order valence-electron chi connectivity index (χ1n) is 14.1. The van der Waals surface area contributed by atoms with Crippen LogP contribution in [-0.2, 0) is 0 Å². The Morgan fingerprint density at radius 3 is 1.71 bits per heavy atom. The minimum Gasteiger partial charge on any atom is -0.436 e. The lowest BCUT2D eigenvalue weighted by molar-refractivity contribution is 0.620. The van der Waals surface area contributed by atoms with E-state index in [0.29, 0.717) is 5.89 Å². The smallest absolute Gasteiger partial charge is 0.227 e. The van der Waals surface area contributed by atoms with Gasteiger partial charge in [-0.15, -0.1) is 0 Å². The highest BCUT2D eigenvalue weighted by Gasteiger charge is 2.17. The van der Waals surface area contributed by atoms with Gasteiger partial charge in [0, 0.05) is 5.56 Å². The van der Waals surface area contributed by atoms with Gasteiger partial charge in [-0.2, -0.15) is 0 Å². The molecule has 41 heavy (non-hydrogen) atoms. The standard InChI is InChI=1S/C38H31NOSi/c1-41(2,3)31-10-8-9-30(25-31)28-17-15-26(16-18-28)27-19-21-29(22-20-27)32-23-24-35(34-12-5-4-11-33(32)34)38-39-36-13-6-7-14-37(36)40-38/h4-25H,1-3H3. The third-order valence-corrected chi connectivity index (χ3v) is 9.97. The monoisotopic (exact) mass is 545 g/mol. The normalized spacial score (nSPS) is 11.8. The molecule has 198 valence electrons. The molecule has 0 atom stereocenters. The van der Waals surface area contributed by atoms with Gasteiger partial charge in [0.2, 0.25) is 5.89 Å². The Kier molecular flexibility index (Phi) is 6.17. The quantitative estimate of drug-likeness (QED) is 0.201. The van der Waals surface area contributed by atoms with Crippen molar-refractivity contribution in [2.75, 3.05) is 0 Å². The molecule has 0 saturated carbocycles. The molecule has 1 aromatic heterocycles. The van der Waals surface area contributed by atoms with Crippen LogP contribution in [0.4, 0.5) is 0 Å². The van der Waals surface area contributed by atoms with Crippen LogP contribution in [0.5, 0.6) is 0 Å². The molecule has 3 heteroatoms. The second-order valence-corrected chi connectivity index (χ2v) is 16.8. The molecule has 0 unspecified atom stereocenters. The van der Waals surface area contributed by atoms with Crippen LogP contribution in [0.1, 0.15) is 0 Å². The van der Waals surface area contributed by atoms with Gasteiger partial charge in [-0.05, 0) is 62.4 Å². The van der Waals surface area contributed by atoms with Gasteiger partial charge in [0.05, 0.1) is 8.07 Å². The van der Waals surface area contributed by atoms with Crippen LogP contribution < -0.4 is 5.19 Å². The Morgan fingerprint density at radius 2 is 1.05 bits per heavy atom. The third-order valence-electron chi connectivity index (χ3n) is 7.92. The average molecular weight is 546 g/mol. The molecule has 0 aliphatic rings. The van der Waals surface area contributed by atoms with Crippen molar-refractivity contribution in [2.45, 2.75) is 19.6 Å². The average Bonchev–Trinajstić information content (AvgIpc) is 3.45. The van der Waals surface area contributed by atoms with Crippen molar-refractivity contribution in [2.24, 2.45) is 0 Å². The van der Waals surface area contributed by atoms with E-state index in [0.717, 1.165) is 22.0 Å². The zero-order valence-electron chi connectivity index (χ0n) is 23.6. The zero-order chi connectivity index (χ0) is 28.0. The Bertz CT molecular complexity index is 1980. The van der Waals surface area contributed by atoms with Crippen LogP contribution in [0.2, 0.25) is 19.6 Å². The van der Waals surface area contributed by atoms with E-state index in [9.17, 15) is 0 Å². The number of hydrogen-bond donors (Lipinski definition) is 0. The fourth-order valence-corrected chi connectivity index (χ4v) is 6.77. The number of benzene rings is 6. The fraction of sp³-hybridized carbons (Fsp3) is 0.0789. The SMILES string of the molecule is C[Si](C)(C)c1cccc(-c2ccc(-c3ccc(-c4ccc(-c5nc6ccccc6o5)c5ccccc45)cc3)cc2)c1. The van der Waals surface area contributed by atoms with Crippen molar-refractivity contribution in [1.29, 1.82) is 0 Å². The van der Waals surface area contributed by atoms with Crippen LogP contribution in [-0.4, -0.2) is 13.1 Å². The number of para-hydroxylation sites is 2. The van der Waals surface area contributed by atoms with Gasteiger partial charge < -0.3 is 4.42 Å². The van der Waals surface area contributed by atoms with E-state index in [4.69, 9.17) is 9.40 Å². The predicted octanol–water partition coefficient (Wildman–Crippen LogP) is 10.2. The van der Waals surface area contributed by atoms with E-state index >= 15 is 0 Å². The predicted molar refractivity (Wildman–Crippen MR) is 176 cm³/mol. The van der Waals surface area contributed by atoms with Crippen molar-refractivity contribution >= 4 is 35.1 Å². The molecule has 0 fully saturated rings. The maximum absolute atomic E-state index is 6.12. The van der Waals surface area contributed by atoms with E-state index in [1.165, 1.54) is 44.0 Å². The second kappa shape index (κ2) is 10.0. The Labute approximate surface area is 242 Å². The minimum atomic E-state index is -1.35. The summed E-state index contributed by atoms with van der Waals surface area (Å²) >= 11 is 0. The summed E-state index contributed by atoms with van der Waals surface area (Å²) in [6.45, 7) is 7.19. The summed E-state index contributed by atoms with van der Waals surface area (Å²) in [5.74, 6) is 0.653. The van der Waals surface area contributed by atoms with Crippen LogP contribution in [0.3, 0.4) is 0 Å². The summed E-state index contributed by atoms with van der Waals surface area (Å²) in [5, 5.41) is 3.81. The van der Waals surface area contributed by atoms with Crippen molar-refractivity contribution < 1.29 is 4.42 Å². The van der Waals surface area contributed by atoms with Crippen LogP contribution in [0.15, 0.2) is 138 Å². The Balaban J connectivity index is 1.20. The summed E-state index contributed by atoms with van der Waals surface area (Å²) in [4.78, 5) is 4.76.